The molecule has 0 amide bonds. The quantitative estimate of drug-likeness (QED) is 0.850. The molecule has 0 spiro atoms. The maximum atomic E-state index is 12.1. The van der Waals surface area contributed by atoms with Crippen LogP contribution in [0.25, 0.3) is 0 Å². The molecular formula is C14H20ClNO2S. The number of nitrogens with one attached hydrogen (secondary N) is 1. The van der Waals surface area contributed by atoms with Crippen LogP contribution in [0.15, 0.2) is 30.3 Å². The zero-order valence-corrected chi connectivity index (χ0v) is 12.6. The summed E-state index contributed by atoms with van der Waals surface area (Å²) in [5.41, 5.74) is 1.04. The average molecular weight is 302 g/mol. The minimum atomic E-state index is -3.28. The third-order valence-corrected chi connectivity index (χ3v) is 5.72. The van der Waals surface area contributed by atoms with Crippen molar-refractivity contribution < 1.29 is 8.42 Å². The Balaban J connectivity index is 1.97. The first-order valence-corrected chi connectivity index (χ1v) is 8.76. The molecule has 1 aromatic carbocycles. The minimum Gasteiger partial charge on any atom is -0.212 e. The lowest BCUT2D eigenvalue weighted by Crippen LogP contribution is -2.40. The molecule has 1 fully saturated rings. The van der Waals surface area contributed by atoms with Gasteiger partial charge in [0.1, 0.15) is 0 Å². The molecule has 0 aliphatic heterocycles. The number of benzene rings is 1. The molecule has 106 valence electrons. The number of sulfonamides is 1. The molecule has 2 rings (SSSR count). The summed E-state index contributed by atoms with van der Waals surface area (Å²) in [6.07, 6.45) is 2.73. The van der Waals surface area contributed by atoms with Gasteiger partial charge in [-0.05, 0) is 24.3 Å². The molecule has 5 heteroatoms. The van der Waals surface area contributed by atoms with E-state index in [1.165, 1.54) is 0 Å². The van der Waals surface area contributed by atoms with Crippen molar-refractivity contribution in [1.82, 2.24) is 4.72 Å². The molecule has 1 N–H and O–H groups in total. The first kappa shape index (κ1) is 14.8. The molecule has 0 heterocycles. The topological polar surface area (TPSA) is 46.2 Å². The molecule has 3 unspecified atom stereocenters. The Morgan fingerprint density at radius 1 is 1.32 bits per heavy atom. The van der Waals surface area contributed by atoms with Crippen molar-refractivity contribution in [3.05, 3.63) is 35.9 Å². The van der Waals surface area contributed by atoms with Crippen LogP contribution in [0.5, 0.6) is 0 Å². The Morgan fingerprint density at radius 3 is 2.58 bits per heavy atom. The van der Waals surface area contributed by atoms with E-state index in [1.807, 2.05) is 37.3 Å². The van der Waals surface area contributed by atoms with E-state index >= 15 is 0 Å². The van der Waals surface area contributed by atoms with Crippen LogP contribution in [0, 0.1) is 0 Å². The number of halogens is 1. The fourth-order valence-corrected chi connectivity index (χ4v) is 4.64. The maximum absolute atomic E-state index is 12.1. The molecule has 0 saturated heterocycles. The molecule has 1 saturated carbocycles. The highest BCUT2D eigenvalue weighted by molar-refractivity contribution is 7.89. The van der Waals surface area contributed by atoms with Gasteiger partial charge in [0, 0.05) is 11.4 Å². The molecule has 3 atom stereocenters. The second kappa shape index (κ2) is 6.25. The van der Waals surface area contributed by atoms with Crippen molar-refractivity contribution in [2.24, 2.45) is 0 Å². The Morgan fingerprint density at radius 2 is 2.00 bits per heavy atom. The van der Waals surface area contributed by atoms with Crippen LogP contribution in [0.1, 0.15) is 37.7 Å². The first-order chi connectivity index (χ1) is 8.98. The summed E-state index contributed by atoms with van der Waals surface area (Å²) in [6.45, 7) is 1.93. The summed E-state index contributed by atoms with van der Waals surface area (Å²) in [7, 11) is -3.28. The van der Waals surface area contributed by atoms with E-state index in [-0.39, 0.29) is 23.1 Å². The van der Waals surface area contributed by atoms with Gasteiger partial charge in [0.25, 0.3) is 0 Å². The molecule has 1 aromatic rings. The molecule has 19 heavy (non-hydrogen) atoms. The molecule has 3 nitrogen and oxygen atoms in total. The predicted molar refractivity (Wildman–Crippen MR) is 79.1 cm³/mol. The van der Waals surface area contributed by atoms with Crippen molar-refractivity contribution >= 4 is 21.6 Å². The van der Waals surface area contributed by atoms with Gasteiger partial charge >= 0.3 is 0 Å². The van der Waals surface area contributed by atoms with Crippen molar-refractivity contribution in [2.45, 2.75) is 43.5 Å². The summed E-state index contributed by atoms with van der Waals surface area (Å²) in [6, 6.07) is 9.60. The van der Waals surface area contributed by atoms with Crippen LogP contribution in [-0.4, -0.2) is 25.6 Å². The lowest BCUT2D eigenvalue weighted by atomic mass is 10.0. The van der Waals surface area contributed by atoms with Crippen LogP contribution in [-0.2, 0) is 10.0 Å². The predicted octanol–water partition coefficient (Wildman–Crippen LogP) is 2.87. The first-order valence-electron chi connectivity index (χ1n) is 6.67. The summed E-state index contributed by atoms with van der Waals surface area (Å²) in [5.74, 6) is 0.0887. The minimum absolute atomic E-state index is 0.0196. The van der Waals surface area contributed by atoms with Crippen LogP contribution in [0.2, 0.25) is 0 Å². The molecule has 0 bridgehead atoms. The van der Waals surface area contributed by atoms with Crippen molar-refractivity contribution in [2.75, 3.05) is 5.75 Å². The van der Waals surface area contributed by atoms with Gasteiger partial charge < -0.3 is 0 Å². The normalized spacial score (nSPS) is 25.4. The number of alkyl halides is 1. The Kier molecular flexibility index (Phi) is 4.87. The summed E-state index contributed by atoms with van der Waals surface area (Å²) in [5, 5.41) is -0.0678. The Hall–Kier alpha value is -0.580. The van der Waals surface area contributed by atoms with Crippen LogP contribution < -0.4 is 4.72 Å². The second-order valence-electron chi connectivity index (χ2n) is 5.26. The molecule has 0 aromatic heterocycles. The van der Waals surface area contributed by atoms with E-state index in [4.69, 9.17) is 11.6 Å². The zero-order valence-electron chi connectivity index (χ0n) is 11.0. The number of rotatable bonds is 5. The highest BCUT2D eigenvalue weighted by Gasteiger charge is 2.29. The highest BCUT2D eigenvalue weighted by atomic mass is 35.5. The SMILES string of the molecule is CC(CS(=O)(=O)NC1CCCC1Cl)c1ccccc1. The van der Waals surface area contributed by atoms with Gasteiger partial charge in [-0.25, -0.2) is 13.1 Å². The van der Waals surface area contributed by atoms with Crippen LogP contribution in [0.4, 0.5) is 0 Å². The molecule has 1 aliphatic rings. The van der Waals surface area contributed by atoms with E-state index in [1.54, 1.807) is 0 Å². The third kappa shape index (κ3) is 4.20. The fraction of sp³-hybridized carbons (Fsp3) is 0.571. The van der Waals surface area contributed by atoms with Crippen molar-refractivity contribution in [1.29, 1.82) is 0 Å². The monoisotopic (exact) mass is 301 g/mol. The number of hydrogen-bond acceptors (Lipinski definition) is 2. The summed E-state index contributed by atoms with van der Waals surface area (Å²) < 4.78 is 27.0. The van der Waals surface area contributed by atoms with E-state index < -0.39 is 10.0 Å². The number of hydrogen-bond donors (Lipinski definition) is 1. The van der Waals surface area contributed by atoms with Gasteiger partial charge in [0.05, 0.1) is 5.75 Å². The van der Waals surface area contributed by atoms with Crippen molar-refractivity contribution in [3.8, 4) is 0 Å². The lowest BCUT2D eigenvalue weighted by Gasteiger charge is -2.18. The smallest absolute Gasteiger partial charge is 0.212 e. The molecule has 1 aliphatic carbocycles. The van der Waals surface area contributed by atoms with Gasteiger partial charge in [-0.15, -0.1) is 11.6 Å². The van der Waals surface area contributed by atoms with Gasteiger partial charge in [-0.2, -0.15) is 0 Å². The maximum Gasteiger partial charge on any atom is 0.212 e. The van der Waals surface area contributed by atoms with Crippen LogP contribution in [0.3, 0.4) is 0 Å². The molecular weight excluding hydrogens is 282 g/mol. The van der Waals surface area contributed by atoms with E-state index in [0.29, 0.717) is 0 Å². The van der Waals surface area contributed by atoms with E-state index in [9.17, 15) is 8.42 Å². The van der Waals surface area contributed by atoms with Gasteiger partial charge in [-0.1, -0.05) is 43.7 Å². The van der Waals surface area contributed by atoms with Crippen LogP contribution >= 0.6 is 11.6 Å². The summed E-state index contributed by atoms with van der Waals surface area (Å²) >= 11 is 6.11. The van der Waals surface area contributed by atoms with Crippen molar-refractivity contribution in [3.63, 3.8) is 0 Å². The van der Waals surface area contributed by atoms with Gasteiger partial charge in [0.15, 0.2) is 0 Å². The van der Waals surface area contributed by atoms with Gasteiger partial charge in [-0.3, -0.25) is 0 Å². The summed E-state index contributed by atoms with van der Waals surface area (Å²) in [4.78, 5) is 0. The molecule has 0 radical (unpaired) electrons. The van der Waals surface area contributed by atoms with E-state index in [2.05, 4.69) is 4.72 Å². The van der Waals surface area contributed by atoms with Gasteiger partial charge in [0.2, 0.25) is 10.0 Å². The standard InChI is InChI=1S/C14H20ClNO2S/c1-11(12-6-3-2-4-7-12)10-19(17,18)16-14-9-5-8-13(14)15/h2-4,6-7,11,13-14,16H,5,8-10H2,1H3. The third-order valence-electron chi connectivity index (χ3n) is 3.60. The van der Waals surface area contributed by atoms with E-state index in [0.717, 1.165) is 24.8 Å². The largest absolute Gasteiger partial charge is 0.212 e. The highest BCUT2D eigenvalue weighted by Crippen LogP contribution is 2.25. The average Bonchev–Trinajstić information content (AvgIpc) is 2.75. The Labute approximate surface area is 120 Å². The zero-order chi connectivity index (χ0) is 13.9. The fourth-order valence-electron chi connectivity index (χ4n) is 2.53. The second-order valence-corrected chi connectivity index (χ2v) is 7.62. The Bertz CT molecular complexity index is 503. The lowest BCUT2D eigenvalue weighted by molar-refractivity contribution is 0.549.